The van der Waals surface area contributed by atoms with E-state index in [-0.39, 0.29) is 0 Å². The van der Waals surface area contributed by atoms with Gasteiger partial charge in [0.15, 0.2) is 5.16 Å². The van der Waals surface area contributed by atoms with Gasteiger partial charge in [0.25, 0.3) is 0 Å². The van der Waals surface area contributed by atoms with E-state index in [2.05, 4.69) is 20.4 Å². The number of nitrogens with one attached hydrogen (secondary N) is 1. The highest BCUT2D eigenvalue weighted by molar-refractivity contribution is 7.99. The minimum Gasteiger partial charge on any atom is -0.308 e. The molecule has 2 heterocycles. The molecule has 3 N–H and O–H groups in total. The van der Waals surface area contributed by atoms with Gasteiger partial charge >= 0.3 is 6.18 Å². The van der Waals surface area contributed by atoms with Crippen LogP contribution in [0.5, 0.6) is 0 Å². The third kappa shape index (κ3) is 4.22. The van der Waals surface area contributed by atoms with Gasteiger partial charge in [0, 0.05) is 12.3 Å². The van der Waals surface area contributed by atoms with E-state index in [1.807, 2.05) is 0 Å². The molecule has 0 radical (unpaired) electrons. The Hall–Kier alpha value is -1.52. The maximum atomic E-state index is 12.5. The monoisotopic (exact) mass is 333 g/mol. The Morgan fingerprint density at radius 2 is 1.95 bits per heavy atom. The Morgan fingerprint density at radius 1 is 1.19 bits per heavy atom. The first kappa shape index (κ1) is 15.9. The van der Waals surface area contributed by atoms with E-state index in [0.717, 1.165) is 24.0 Å². The number of nitrogens with two attached hydrogens (primary N) is 1. The number of thioether (sulfide) groups is 1. The lowest BCUT2D eigenvalue weighted by Gasteiger charge is -2.07. The molecular formula is C11H10F3N5S2. The average Bonchev–Trinajstić information content (AvgIpc) is 2.46. The molecule has 0 aromatic carbocycles. The van der Waals surface area contributed by atoms with Crippen LogP contribution in [0, 0.1) is 0 Å². The van der Waals surface area contributed by atoms with Gasteiger partial charge in [-0.15, -0.1) is 0 Å². The lowest BCUT2D eigenvalue weighted by Crippen LogP contribution is -2.09. The van der Waals surface area contributed by atoms with E-state index in [1.165, 1.54) is 17.8 Å². The number of hydrazine groups is 1. The summed E-state index contributed by atoms with van der Waals surface area (Å²) in [5, 5.41) is 1.44. The molecule has 2 aromatic rings. The summed E-state index contributed by atoms with van der Waals surface area (Å²) in [6, 6.07) is 3.86. The van der Waals surface area contributed by atoms with Gasteiger partial charge < -0.3 is 5.43 Å². The summed E-state index contributed by atoms with van der Waals surface area (Å²) in [6.07, 6.45) is -1.80. The van der Waals surface area contributed by atoms with Crippen LogP contribution < -0.4 is 11.3 Å². The average molecular weight is 333 g/mol. The number of aromatic nitrogens is 3. The fourth-order valence-corrected chi connectivity index (χ4v) is 2.53. The minimum atomic E-state index is -4.40. The van der Waals surface area contributed by atoms with Crippen molar-refractivity contribution >= 4 is 29.3 Å². The number of alkyl halides is 3. The molecule has 0 aliphatic rings. The van der Waals surface area contributed by atoms with Crippen LogP contribution in [0.25, 0.3) is 0 Å². The third-order valence-electron chi connectivity index (χ3n) is 2.29. The molecule has 0 aliphatic carbocycles. The number of pyridine rings is 1. The summed E-state index contributed by atoms with van der Waals surface area (Å²) in [6.45, 7) is 0. The van der Waals surface area contributed by atoms with Gasteiger partial charge in [-0.2, -0.15) is 13.2 Å². The number of halogens is 3. The van der Waals surface area contributed by atoms with Crippen molar-refractivity contribution in [1.82, 2.24) is 15.0 Å². The fraction of sp³-hybridized carbons (Fsp3) is 0.182. The summed E-state index contributed by atoms with van der Waals surface area (Å²) >= 11 is 2.46. The van der Waals surface area contributed by atoms with E-state index in [1.54, 1.807) is 12.3 Å². The summed E-state index contributed by atoms with van der Waals surface area (Å²) < 4.78 is 37.4. The van der Waals surface area contributed by atoms with Crippen LogP contribution in [0.2, 0.25) is 0 Å². The minimum absolute atomic E-state index is 0.400. The standard InChI is InChI=1S/C11H10F3N5S2/c1-20-10-17-7(19-15)4-9(18-10)21-8-3-2-6(5-16-8)11(12,13)14/h2-5H,15H2,1H3,(H,17,18,19). The van der Waals surface area contributed by atoms with Crippen LogP contribution in [-0.4, -0.2) is 21.2 Å². The summed E-state index contributed by atoms with van der Waals surface area (Å²) in [5.41, 5.74) is 1.62. The summed E-state index contributed by atoms with van der Waals surface area (Å²) in [5.74, 6) is 5.72. The largest absolute Gasteiger partial charge is 0.417 e. The second kappa shape index (κ2) is 6.50. The normalized spacial score (nSPS) is 11.5. The Balaban J connectivity index is 2.22. The number of hydrogen-bond acceptors (Lipinski definition) is 7. The third-order valence-corrected chi connectivity index (χ3v) is 3.70. The molecule has 0 atom stereocenters. The van der Waals surface area contributed by atoms with Crippen LogP contribution in [0.4, 0.5) is 19.0 Å². The molecule has 10 heteroatoms. The highest BCUT2D eigenvalue weighted by Gasteiger charge is 2.30. The molecule has 0 fully saturated rings. The van der Waals surface area contributed by atoms with Crippen LogP contribution in [0.1, 0.15) is 5.56 Å². The van der Waals surface area contributed by atoms with Gasteiger partial charge in [-0.05, 0) is 30.2 Å². The van der Waals surface area contributed by atoms with Gasteiger partial charge in [-0.25, -0.2) is 20.8 Å². The molecule has 112 valence electrons. The van der Waals surface area contributed by atoms with E-state index in [9.17, 15) is 13.2 Å². The van der Waals surface area contributed by atoms with Gasteiger partial charge in [-0.3, -0.25) is 0 Å². The number of anilines is 1. The SMILES string of the molecule is CSc1nc(NN)cc(Sc2ccc(C(F)(F)F)cn2)n1. The van der Waals surface area contributed by atoms with Crippen molar-refractivity contribution in [2.45, 2.75) is 21.4 Å². The van der Waals surface area contributed by atoms with Crippen molar-refractivity contribution in [3.63, 3.8) is 0 Å². The Morgan fingerprint density at radius 3 is 2.48 bits per heavy atom. The lowest BCUT2D eigenvalue weighted by molar-refractivity contribution is -0.137. The molecule has 0 unspecified atom stereocenters. The zero-order valence-electron chi connectivity index (χ0n) is 10.7. The van der Waals surface area contributed by atoms with Gasteiger partial charge in [0.1, 0.15) is 15.9 Å². The predicted octanol–water partition coefficient (Wildman–Crippen LogP) is 3.05. The van der Waals surface area contributed by atoms with Crippen molar-refractivity contribution in [1.29, 1.82) is 0 Å². The second-order valence-corrected chi connectivity index (χ2v) is 5.52. The van der Waals surface area contributed by atoms with Crippen molar-refractivity contribution in [3.8, 4) is 0 Å². The first-order chi connectivity index (χ1) is 9.92. The molecule has 0 bridgehead atoms. The number of nitrogen functional groups attached to an aromatic ring is 1. The van der Waals surface area contributed by atoms with E-state index in [0.29, 0.717) is 21.0 Å². The topological polar surface area (TPSA) is 76.7 Å². The summed E-state index contributed by atoms with van der Waals surface area (Å²) in [7, 11) is 0. The quantitative estimate of drug-likeness (QED) is 0.293. The van der Waals surface area contributed by atoms with Gasteiger partial charge in [-0.1, -0.05) is 11.8 Å². The Labute approximate surface area is 126 Å². The highest BCUT2D eigenvalue weighted by atomic mass is 32.2. The van der Waals surface area contributed by atoms with E-state index < -0.39 is 11.7 Å². The fourth-order valence-electron chi connectivity index (χ4n) is 1.34. The van der Waals surface area contributed by atoms with Crippen molar-refractivity contribution in [3.05, 3.63) is 30.0 Å². The van der Waals surface area contributed by atoms with Crippen molar-refractivity contribution in [2.75, 3.05) is 11.7 Å². The van der Waals surface area contributed by atoms with Crippen LogP contribution >= 0.6 is 23.5 Å². The van der Waals surface area contributed by atoms with Crippen molar-refractivity contribution in [2.24, 2.45) is 5.84 Å². The molecule has 21 heavy (non-hydrogen) atoms. The maximum Gasteiger partial charge on any atom is 0.417 e. The van der Waals surface area contributed by atoms with Crippen LogP contribution in [0.15, 0.2) is 39.6 Å². The number of nitrogens with zero attached hydrogens (tertiary/aromatic N) is 3. The molecule has 0 amide bonds. The highest BCUT2D eigenvalue weighted by Crippen LogP contribution is 2.31. The molecule has 0 spiro atoms. The van der Waals surface area contributed by atoms with E-state index >= 15 is 0 Å². The molecule has 5 nitrogen and oxygen atoms in total. The van der Waals surface area contributed by atoms with Crippen LogP contribution in [0.3, 0.4) is 0 Å². The van der Waals surface area contributed by atoms with E-state index in [4.69, 9.17) is 5.84 Å². The Kier molecular flexibility index (Phi) is 4.91. The van der Waals surface area contributed by atoms with Crippen molar-refractivity contribution < 1.29 is 13.2 Å². The van der Waals surface area contributed by atoms with Gasteiger partial charge in [0.2, 0.25) is 0 Å². The lowest BCUT2D eigenvalue weighted by atomic mass is 10.3. The molecule has 2 aromatic heterocycles. The second-order valence-electron chi connectivity index (χ2n) is 3.71. The smallest absolute Gasteiger partial charge is 0.308 e. The zero-order chi connectivity index (χ0) is 15.5. The molecule has 0 saturated heterocycles. The predicted molar refractivity (Wildman–Crippen MR) is 75.0 cm³/mol. The Bertz CT molecular complexity index is 596. The van der Waals surface area contributed by atoms with Gasteiger partial charge in [0.05, 0.1) is 5.56 Å². The number of hydrogen-bond donors (Lipinski definition) is 2. The summed E-state index contributed by atoms with van der Waals surface area (Å²) in [4.78, 5) is 12.1. The molecule has 0 aliphatic heterocycles. The first-order valence-electron chi connectivity index (χ1n) is 5.53. The number of rotatable bonds is 4. The first-order valence-corrected chi connectivity index (χ1v) is 7.57. The molecular weight excluding hydrogens is 323 g/mol. The molecule has 0 saturated carbocycles. The molecule has 2 rings (SSSR count). The maximum absolute atomic E-state index is 12.5. The van der Waals surface area contributed by atoms with Crippen LogP contribution in [-0.2, 0) is 6.18 Å². The zero-order valence-corrected chi connectivity index (χ0v) is 12.3.